The van der Waals surface area contributed by atoms with Gasteiger partial charge in [0.05, 0.1) is 12.1 Å². The summed E-state index contributed by atoms with van der Waals surface area (Å²) in [5.74, 6) is -0.478. The second-order valence-corrected chi connectivity index (χ2v) is 5.39. The van der Waals surface area contributed by atoms with Crippen LogP contribution in [0.15, 0.2) is 42.7 Å². The molecule has 5 heteroatoms. The molecule has 1 amide bonds. The fourth-order valence-electron chi connectivity index (χ4n) is 2.33. The molecule has 0 aliphatic heterocycles. The minimum Gasteiger partial charge on any atom is -0.325 e. The Labute approximate surface area is 127 Å². The van der Waals surface area contributed by atoms with E-state index in [0.717, 1.165) is 16.8 Å². The van der Waals surface area contributed by atoms with Gasteiger partial charge in [0.2, 0.25) is 5.91 Å². The number of carbonyl (C=O) groups is 1. The molecule has 22 heavy (non-hydrogen) atoms. The normalized spacial score (nSPS) is 10.9. The average Bonchev–Trinajstić information content (AvgIpc) is 2.84. The molecule has 4 nitrogen and oxygen atoms in total. The molecule has 0 saturated heterocycles. The van der Waals surface area contributed by atoms with Gasteiger partial charge in [-0.1, -0.05) is 12.1 Å². The third-order valence-corrected chi connectivity index (χ3v) is 3.47. The quantitative estimate of drug-likeness (QED) is 0.806. The number of aryl methyl sites for hydroxylation is 2. The Morgan fingerprint density at radius 1 is 1.23 bits per heavy atom. The SMILES string of the molecule is Cc1ccc(C)c(NC(=O)Cc2cn3cc(F)ccc3n2)c1. The van der Waals surface area contributed by atoms with Gasteiger partial charge < -0.3 is 9.72 Å². The minimum atomic E-state index is -0.337. The lowest BCUT2D eigenvalue weighted by Crippen LogP contribution is -2.15. The highest BCUT2D eigenvalue weighted by atomic mass is 19.1. The second-order valence-electron chi connectivity index (χ2n) is 5.39. The van der Waals surface area contributed by atoms with E-state index in [9.17, 15) is 9.18 Å². The van der Waals surface area contributed by atoms with Gasteiger partial charge in [-0.05, 0) is 43.2 Å². The van der Waals surface area contributed by atoms with Gasteiger partial charge in [-0.3, -0.25) is 4.79 Å². The molecule has 0 unspecified atom stereocenters. The molecule has 112 valence electrons. The van der Waals surface area contributed by atoms with E-state index in [1.807, 2.05) is 32.0 Å². The van der Waals surface area contributed by atoms with Gasteiger partial charge in [0, 0.05) is 18.1 Å². The number of fused-ring (bicyclic) bond motifs is 1. The molecule has 0 atom stereocenters. The number of carbonyl (C=O) groups excluding carboxylic acids is 1. The van der Waals surface area contributed by atoms with Crippen molar-refractivity contribution >= 4 is 17.2 Å². The van der Waals surface area contributed by atoms with Gasteiger partial charge in [-0.2, -0.15) is 0 Å². The van der Waals surface area contributed by atoms with Crippen LogP contribution in [-0.2, 0) is 11.2 Å². The van der Waals surface area contributed by atoms with Crippen LogP contribution in [0.1, 0.15) is 16.8 Å². The minimum absolute atomic E-state index is 0.141. The maximum absolute atomic E-state index is 13.2. The van der Waals surface area contributed by atoms with Crippen molar-refractivity contribution < 1.29 is 9.18 Å². The smallest absolute Gasteiger partial charge is 0.230 e. The van der Waals surface area contributed by atoms with Gasteiger partial charge in [0.25, 0.3) is 0 Å². The number of imidazole rings is 1. The summed E-state index contributed by atoms with van der Waals surface area (Å²) in [4.78, 5) is 16.5. The number of hydrogen-bond donors (Lipinski definition) is 1. The van der Waals surface area contributed by atoms with Crippen molar-refractivity contribution in [2.75, 3.05) is 5.32 Å². The Hall–Kier alpha value is -2.69. The number of amides is 1. The highest BCUT2D eigenvalue weighted by Gasteiger charge is 2.09. The van der Waals surface area contributed by atoms with Crippen LogP contribution in [0.4, 0.5) is 10.1 Å². The summed E-state index contributed by atoms with van der Waals surface area (Å²) in [6.07, 6.45) is 3.16. The van der Waals surface area contributed by atoms with Gasteiger partial charge in [-0.15, -0.1) is 0 Å². The van der Waals surface area contributed by atoms with Crippen molar-refractivity contribution in [3.63, 3.8) is 0 Å². The van der Waals surface area contributed by atoms with Crippen molar-refractivity contribution in [3.05, 3.63) is 65.4 Å². The average molecular weight is 297 g/mol. The molecule has 2 aromatic heterocycles. The molecular formula is C17H16FN3O. The fraction of sp³-hybridized carbons (Fsp3) is 0.176. The van der Waals surface area contributed by atoms with Gasteiger partial charge in [0.1, 0.15) is 11.5 Å². The van der Waals surface area contributed by atoms with Crippen LogP contribution in [0.2, 0.25) is 0 Å². The zero-order valence-corrected chi connectivity index (χ0v) is 12.4. The Balaban J connectivity index is 1.76. The molecule has 3 aromatic rings. The summed E-state index contributed by atoms with van der Waals surface area (Å²) in [5.41, 5.74) is 4.13. The molecule has 0 radical (unpaired) electrons. The summed E-state index contributed by atoms with van der Waals surface area (Å²) in [7, 11) is 0. The number of pyridine rings is 1. The van der Waals surface area contributed by atoms with Crippen molar-refractivity contribution in [2.45, 2.75) is 20.3 Å². The van der Waals surface area contributed by atoms with E-state index in [0.29, 0.717) is 11.3 Å². The first-order valence-electron chi connectivity index (χ1n) is 7.01. The molecule has 0 spiro atoms. The van der Waals surface area contributed by atoms with E-state index in [4.69, 9.17) is 0 Å². The van der Waals surface area contributed by atoms with E-state index < -0.39 is 0 Å². The number of anilines is 1. The van der Waals surface area contributed by atoms with Gasteiger partial charge >= 0.3 is 0 Å². The third-order valence-electron chi connectivity index (χ3n) is 3.47. The molecule has 3 rings (SSSR count). The van der Waals surface area contributed by atoms with Crippen LogP contribution in [0.3, 0.4) is 0 Å². The first-order valence-corrected chi connectivity index (χ1v) is 7.01. The molecule has 0 saturated carbocycles. The van der Waals surface area contributed by atoms with Crippen LogP contribution < -0.4 is 5.32 Å². The highest BCUT2D eigenvalue weighted by Crippen LogP contribution is 2.17. The molecule has 0 aliphatic carbocycles. The number of nitrogens with zero attached hydrogens (tertiary/aromatic N) is 2. The lowest BCUT2D eigenvalue weighted by atomic mass is 10.1. The first-order chi connectivity index (χ1) is 10.5. The second kappa shape index (κ2) is 5.60. The molecule has 2 heterocycles. The molecule has 1 N–H and O–H groups in total. The number of hydrogen-bond acceptors (Lipinski definition) is 2. The molecule has 0 aliphatic rings. The van der Waals surface area contributed by atoms with Crippen LogP contribution in [0.25, 0.3) is 5.65 Å². The molecule has 0 fully saturated rings. The van der Waals surface area contributed by atoms with Crippen LogP contribution in [0, 0.1) is 19.7 Å². The summed E-state index contributed by atoms with van der Waals surface area (Å²) < 4.78 is 14.7. The Bertz CT molecular complexity index is 854. The van der Waals surface area contributed by atoms with Gasteiger partial charge in [0.15, 0.2) is 0 Å². The number of nitrogens with one attached hydrogen (secondary N) is 1. The van der Waals surface area contributed by atoms with Crippen LogP contribution in [0.5, 0.6) is 0 Å². The zero-order valence-electron chi connectivity index (χ0n) is 12.4. The Kier molecular flexibility index (Phi) is 3.63. The number of halogens is 1. The Morgan fingerprint density at radius 3 is 2.86 bits per heavy atom. The van der Waals surface area contributed by atoms with Crippen molar-refractivity contribution in [2.24, 2.45) is 0 Å². The fourth-order valence-corrected chi connectivity index (χ4v) is 2.33. The first kappa shape index (κ1) is 14.3. The van der Waals surface area contributed by atoms with E-state index >= 15 is 0 Å². The summed E-state index contributed by atoms with van der Waals surface area (Å²) in [5, 5.41) is 2.89. The number of aromatic nitrogens is 2. The topological polar surface area (TPSA) is 46.4 Å². The standard InChI is InChI=1S/C17H16FN3O/c1-11-3-4-12(2)15(7-11)20-17(22)8-14-10-21-9-13(18)5-6-16(21)19-14/h3-7,9-10H,8H2,1-2H3,(H,20,22). The highest BCUT2D eigenvalue weighted by molar-refractivity contribution is 5.92. The van der Waals surface area contributed by atoms with Crippen LogP contribution in [-0.4, -0.2) is 15.3 Å². The third kappa shape index (κ3) is 2.98. The number of rotatable bonds is 3. The largest absolute Gasteiger partial charge is 0.325 e. The molecule has 0 bridgehead atoms. The summed E-state index contributed by atoms with van der Waals surface area (Å²) in [6, 6.07) is 8.84. The van der Waals surface area contributed by atoms with Crippen LogP contribution >= 0.6 is 0 Å². The van der Waals surface area contributed by atoms with Crippen molar-refractivity contribution in [3.8, 4) is 0 Å². The van der Waals surface area contributed by atoms with Gasteiger partial charge in [-0.25, -0.2) is 9.37 Å². The summed E-state index contributed by atoms with van der Waals surface area (Å²) in [6.45, 7) is 3.93. The predicted octanol–water partition coefficient (Wildman–Crippen LogP) is 3.27. The van der Waals surface area contributed by atoms with E-state index in [-0.39, 0.29) is 18.1 Å². The van der Waals surface area contributed by atoms with E-state index in [2.05, 4.69) is 10.3 Å². The van der Waals surface area contributed by atoms with Crippen molar-refractivity contribution in [1.82, 2.24) is 9.38 Å². The summed E-state index contributed by atoms with van der Waals surface area (Å²) >= 11 is 0. The molecule has 1 aromatic carbocycles. The lowest BCUT2D eigenvalue weighted by molar-refractivity contribution is -0.115. The van der Waals surface area contributed by atoms with E-state index in [1.54, 1.807) is 16.7 Å². The van der Waals surface area contributed by atoms with Crippen molar-refractivity contribution in [1.29, 1.82) is 0 Å². The predicted molar refractivity (Wildman–Crippen MR) is 83.4 cm³/mol. The maximum Gasteiger partial charge on any atom is 0.230 e. The lowest BCUT2D eigenvalue weighted by Gasteiger charge is -2.08. The monoisotopic (exact) mass is 297 g/mol. The Morgan fingerprint density at radius 2 is 2.05 bits per heavy atom. The maximum atomic E-state index is 13.2. The zero-order chi connectivity index (χ0) is 15.7. The molecular weight excluding hydrogens is 281 g/mol. The number of benzene rings is 1. The van der Waals surface area contributed by atoms with E-state index in [1.165, 1.54) is 12.3 Å².